The molecule has 6 nitrogen and oxygen atoms in total. The van der Waals surface area contributed by atoms with Gasteiger partial charge in [0.2, 0.25) is 0 Å². The number of imidazole rings is 1. The first-order valence-corrected chi connectivity index (χ1v) is 7.41. The van der Waals surface area contributed by atoms with Gasteiger partial charge in [0, 0.05) is 0 Å². The molecule has 0 bridgehead atoms. The van der Waals surface area contributed by atoms with Crippen LogP contribution in [-0.2, 0) is 0 Å². The third-order valence-corrected chi connectivity index (χ3v) is 3.69. The predicted octanol–water partition coefficient (Wildman–Crippen LogP) is 2.88. The zero-order chi connectivity index (χ0) is 16.4. The predicted molar refractivity (Wildman–Crippen MR) is 86.9 cm³/mol. The average molecular weight is 331 g/mol. The zero-order valence-corrected chi connectivity index (χ0v) is 13.4. The third kappa shape index (κ3) is 3.27. The Hall–Kier alpha value is -2.60. The van der Waals surface area contributed by atoms with Crippen LogP contribution in [0.3, 0.4) is 0 Å². The first kappa shape index (κ1) is 15.3. The number of amides is 1. The molecule has 1 unspecified atom stereocenters. The molecule has 3 aromatic rings. The topological polar surface area (TPSA) is 68.5 Å². The van der Waals surface area contributed by atoms with Crippen LogP contribution in [0, 0.1) is 0 Å². The summed E-state index contributed by atoms with van der Waals surface area (Å²) in [4.78, 5) is 16.6. The van der Waals surface area contributed by atoms with Gasteiger partial charge in [0.15, 0.2) is 5.65 Å². The quantitative estimate of drug-likeness (QED) is 0.798. The van der Waals surface area contributed by atoms with Gasteiger partial charge in [-0.2, -0.15) is 5.10 Å². The molecular formula is C16H15ClN4O2. The van der Waals surface area contributed by atoms with Gasteiger partial charge in [-0.05, 0) is 36.8 Å². The van der Waals surface area contributed by atoms with E-state index in [0.717, 1.165) is 11.3 Å². The number of hydrogen-bond acceptors (Lipinski definition) is 4. The molecule has 7 heteroatoms. The molecule has 1 atom stereocenters. The smallest absolute Gasteiger partial charge is 0.272 e. The standard InChI is InChI=1S/C16H15ClN4O2/c1-10(11-3-5-12(23-2)6-4-11)18-16(22)13-9-21-15(19-13)8-7-14(17)20-21/h3-10H,1-2H3,(H,18,22). The van der Waals surface area contributed by atoms with Gasteiger partial charge in [-0.15, -0.1) is 0 Å². The molecular weight excluding hydrogens is 316 g/mol. The van der Waals surface area contributed by atoms with E-state index in [1.165, 1.54) is 4.52 Å². The maximum Gasteiger partial charge on any atom is 0.272 e. The Kier molecular flexibility index (Phi) is 4.16. The molecule has 2 heterocycles. The molecule has 0 spiro atoms. The van der Waals surface area contributed by atoms with Crippen molar-refractivity contribution in [2.24, 2.45) is 0 Å². The van der Waals surface area contributed by atoms with Crippen molar-refractivity contribution >= 4 is 23.2 Å². The van der Waals surface area contributed by atoms with Gasteiger partial charge >= 0.3 is 0 Å². The van der Waals surface area contributed by atoms with Crippen molar-refractivity contribution in [2.75, 3.05) is 7.11 Å². The molecule has 0 aliphatic heterocycles. The lowest BCUT2D eigenvalue weighted by molar-refractivity contribution is 0.0935. The highest BCUT2D eigenvalue weighted by Crippen LogP contribution is 2.18. The summed E-state index contributed by atoms with van der Waals surface area (Å²) >= 11 is 5.83. The first-order chi connectivity index (χ1) is 11.1. The molecule has 0 aliphatic carbocycles. The van der Waals surface area contributed by atoms with Crippen molar-refractivity contribution in [1.29, 1.82) is 0 Å². The molecule has 23 heavy (non-hydrogen) atoms. The number of carbonyl (C=O) groups excluding carboxylic acids is 1. The van der Waals surface area contributed by atoms with Gasteiger partial charge in [0.05, 0.1) is 19.3 Å². The number of nitrogens with zero attached hydrogens (tertiary/aromatic N) is 3. The van der Waals surface area contributed by atoms with E-state index < -0.39 is 0 Å². The van der Waals surface area contributed by atoms with E-state index in [-0.39, 0.29) is 11.9 Å². The maximum atomic E-state index is 12.3. The number of methoxy groups -OCH3 is 1. The Labute approximate surface area is 138 Å². The summed E-state index contributed by atoms with van der Waals surface area (Å²) in [5.41, 5.74) is 1.83. The number of halogens is 1. The SMILES string of the molecule is COc1ccc(C(C)NC(=O)c2cn3nc(Cl)ccc3n2)cc1. The van der Waals surface area contributed by atoms with Gasteiger partial charge in [-0.3, -0.25) is 4.79 Å². The molecule has 2 aromatic heterocycles. The fraction of sp³-hybridized carbons (Fsp3) is 0.188. The Morgan fingerprint density at radius 3 is 2.70 bits per heavy atom. The largest absolute Gasteiger partial charge is 0.497 e. The lowest BCUT2D eigenvalue weighted by atomic mass is 10.1. The summed E-state index contributed by atoms with van der Waals surface area (Å²) in [7, 11) is 1.61. The fourth-order valence-corrected chi connectivity index (χ4v) is 2.36. The lowest BCUT2D eigenvalue weighted by Crippen LogP contribution is -2.26. The molecule has 0 saturated carbocycles. The molecule has 0 fully saturated rings. The van der Waals surface area contributed by atoms with Crippen LogP contribution in [-0.4, -0.2) is 27.6 Å². The van der Waals surface area contributed by atoms with Crippen LogP contribution in [0.4, 0.5) is 0 Å². The highest BCUT2D eigenvalue weighted by Gasteiger charge is 2.15. The number of rotatable bonds is 4. The van der Waals surface area contributed by atoms with E-state index in [0.29, 0.717) is 16.5 Å². The van der Waals surface area contributed by atoms with E-state index in [9.17, 15) is 4.79 Å². The van der Waals surface area contributed by atoms with E-state index in [2.05, 4.69) is 15.4 Å². The molecule has 0 aliphatic rings. The summed E-state index contributed by atoms with van der Waals surface area (Å²) in [6, 6.07) is 10.7. The van der Waals surface area contributed by atoms with E-state index >= 15 is 0 Å². The summed E-state index contributed by atoms with van der Waals surface area (Å²) in [5, 5.41) is 7.31. The van der Waals surface area contributed by atoms with Crippen LogP contribution in [0.15, 0.2) is 42.6 Å². The average Bonchev–Trinajstić information content (AvgIpc) is 2.98. The summed E-state index contributed by atoms with van der Waals surface area (Å²) < 4.78 is 6.61. The van der Waals surface area contributed by atoms with Crippen molar-refractivity contribution in [3.8, 4) is 5.75 Å². The minimum absolute atomic E-state index is 0.158. The van der Waals surface area contributed by atoms with Crippen LogP contribution in [0.5, 0.6) is 5.75 Å². The second kappa shape index (κ2) is 6.26. The minimum Gasteiger partial charge on any atom is -0.497 e. The number of aromatic nitrogens is 3. The van der Waals surface area contributed by atoms with E-state index in [1.54, 1.807) is 25.4 Å². The minimum atomic E-state index is -0.269. The normalized spacial score (nSPS) is 12.1. The first-order valence-electron chi connectivity index (χ1n) is 7.03. The van der Waals surface area contributed by atoms with Crippen LogP contribution in [0.1, 0.15) is 29.0 Å². The lowest BCUT2D eigenvalue weighted by Gasteiger charge is -2.13. The fourth-order valence-electron chi connectivity index (χ4n) is 2.21. The second-order valence-corrected chi connectivity index (χ2v) is 5.44. The van der Waals surface area contributed by atoms with Crippen LogP contribution < -0.4 is 10.1 Å². The summed E-state index contributed by atoms with van der Waals surface area (Å²) in [6.07, 6.45) is 1.55. The van der Waals surface area contributed by atoms with Gasteiger partial charge < -0.3 is 10.1 Å². The maximum absolute atomic E-state index is 12.3. The van der Waals surface area contributed by atoms with Gasteiger partial charge in [-0.1, -0.05) is 23.7 Å². The van der Waals surface area contributed by atoms with Gasteiger partial charge in [-0.25, -0.2) is 9.50 Å². The van der Waals surface area contributed by atoms with Crippen molar-refractivity contribution < 1.29 is 9.53 Å². The Morgan fingerprint density at radius 2 is 2.00 bits per heavy atom. The second-order valence-electron chi connectivity index (χ2n) is 5.05. The van der Waals surface area contributed by atoms with Gasteiger partial charge in [0.25, 0.3) is 5.91 Å². The number of ether oxygens (including phenoxy) is 1. The number of nitrogens with one attached hydrogen (secondary N) is 1. The number of carbonyl (C=O) groups is 1. The van der Waals surface area contributed by atoms with Crippen LogP contribution >= 0.6 is 11.6 Å². The number of benzene rings is 1. The monoisotopic (exact) mass is 330 g/mol. The Morgan fingerprint density at radius 1 is 1.26 bits per heavy atom. The van der Waals surface area contributed by atoms with Crippen molar-refractivity contribution in [1.82, 2.24) is 19.9 Å². The highest BCUT2D eigenvalue weighted by molar-refractivity contribution is 6.29. The molecule has 0 radical (unpaired) electrons. The molecule has 1 N–H and O–H groups in total. The van der Waals surface area contributed by atoms with Crippen molar-refractivity contribution in [3.63, 3.8) is 0 Å². The third-order valence-electron chi connectivity index (χ3n) is 3.48. The van der Waals surface area contributed by atoms with Crippen molar-refractivity contribution in [2.45, 2.75) is 13.0 Å². The summed E-state index contributed by atoms with van der Waals surface area (Å²) in [5.74, 6) is 0.505. The molecule has 0 saturated heterocycles. The van der Waals surface area contributed by atoms with Crippen LogP contribution in [0.2, 0.25) is 5.15 Å². The van der Waals surface area contributed by atoms with Crippen LogP contribution in [0.25, 0.3) is 5.65 Å². The Balaban J connectivity index is 1.76. The number of fused-ring (bicyclic) bond motifs is 1. The molecule has 1 aromatic carbocycles. The molecule has 118 valence electrons. The summed E-state index contributed by atoms with van der Waals surface area (Å²) in [6.45, 7) is 1.91. The van der Waals surface area contributed by atoms with E-state index in [4.69, 9.17) is 16.3 Å². The molecule has 3 rings (SSSR count). The zero-order valence-electron chi connectivity index (χ0n) is 12.7. The molecule has 1 amide bonds. The highest BCUT2D eigenvalue weighted by atomic mass is 35.5. The van der Waals surface area contributed by atoms with Crippen molar-refractivity contribution in [3.05, 3.63) is 59.0 Å². The number of hydrogen-bond donors (Lipinski definition) is 1. The van der Waals surface area contributed by atoms with E-state index in [1.807, 2.05) is 31.2 Å². The van der Waals surface area contributed by atoms with Gasteiger partial charge in [0.1, 0.15) is 16.6 Å². The Bertz CT molecular complexity index is 845.